The maximum absolute atomic E-state index is 12.5. The average Bonchev–Trinajstić information content (AvgIpc) is 2.91. The van der Waals surface area contributed by atoms with Crippen molar-refractivity contribution in [2.24, 2.45) is 0 Å². The third-order valence-electron chi connectivity index (χ3n) is 4.27. The van der Waals surface area contributed by atoms with E-state index in [-0.39, 0.29) is 12.3 Å². The molecule has 2 aliphatic rings. The summed E-state index contributed by atoms with van der Waals surface area (Å²) in [6.07, 6.45) is 0.838. The monoisotopic (exact) mass is 305 g/mol. The number of carboxylic acids is 1. The van der Waals surface area contributed by atoms with Gasteiger partial charge in [-0.3, -0.25) is 9.59 Å². The Bertz CT molecular complexity index is 555. The molecule has 6 heteroatoms. The Balaban J connectivity index is 1.68. The molecule has 0 spiro atoms. The summed E-state index contributed by atoms with van der Waals surface area (Å²) in [6, 6.07) is 7.55. The first-order chi connectivity index (χ1) is 10.6. The summed E-state index contributed by atoms with van der Waals surface area (Å²) in [6.45, 7) is 0.915. The van der Waals surface area contributed by atoms with Gasteiger partial charge in [0.25, 0.3) is 5.91 Å². The second-order valence-electron chi connectivity index (χ2n) is 5.87. The number of ether oxygens (including phenoxy) is 2. The van der Waals surface area contributed by atoms with Crippen molar-refractivity contribution in [2.45, 2.75) is 37.3 Å². The molecule has 0 aromatic heterocycles. The lowest BCUT2D eigenvalue weighted by Gasteiger charge is -2.37. The zero-order valence-electron chi connectivity index (χ0n) is 12.2. The molecule has 1 amide bonds. The van der Waals surface area contributed by atoms with E-state index in [1.807, 2.05) is 24.3 Å². The first-order valence-corrected chi connectivity index (χ1v) is 7.44. The van der Waals surface area contributed by atoms with Crippen molar-refractivity contribution in [1.29, 1.82) is 0 Å². The Morgan fingerprint density at radius 2 is 2.00 bits per heavy atom. The van der Waals surface area contributed by atoms with Gasteiger partial charge in [0.1, 0.15) is 5.75 Å². The van der Waals surface area contributed by atoms with E-state index in [1.54, 1.807) is 0 Å². The smallest absolute Gasteiger partial charge is 0.305 e. The summed E-state index contributed by atoms with van der Waals surface area (Å²) in [7, 11) is 0. The van der Waals surface area contributed by atoms with Crippen molar-refractivity contribution >= 4 is 11.9 Å². The number of fused-ring (bicyclic) bond motifs is 1. The Hall–Kier alpha value is -2.08. The molecule has 2 N–H and O–H groups in total. The highest BCUT2D eigenvalue weighted by atomic mass is 16.5. The molecule has 118 valence electrons. The molecule has 0 saturated carbocycles. The molecule has 1 aromatic rings. The van der Waals surface area contributed by atoms with Gasteiger partial charge in [0.15, 0.2) is 6.10 Å². The molecular formula is C16H19NO5. The number of para-hydroxylation sites is 1. The number of aliphatic carboxylic acids is 1. The fourth-order valence-corrected chi connectivity index (χ4v) is 3.07. The number of amides is 1. The second-order valence-corrected chi connectivity index (χ2v) is 5.87. The molecule has 2 aliphatic heterocycles. The molecule has 1 fully saturated rings. The van der Waals surface area contributed by atoms with Gasteiger partial charge in [-0.1, -0.05) is 18.2 Å². The number of hydrogen-bond acceptors (Lipinski definition) is 4. The van der Waals surface area contributed by atoms with Crippen LogP contribution in [0.15, 0.2) is 24.3 Å². The quantitative estimate of drug-likeness (QED) is 0.871. The maximum Gasteiger partial charge on any atom is 0.305 e. The number of rotatable bonds is 4. The van der Waals surface area contributed by atoms with E-state index in [4.69, 9.17) is 14.6 Å². The van der Waals surface area contributed by atoms with Crippen LogP contribution < -0.4 is 10.1 Å². The fraction of sp³-hybridized carbons (Fsp3) is 0.500. The summed E-state index contributed by atoms with van der Waals surface area (Å²) in [5, 5.41) is 12.0. The molecular weight excluding hydrogens is 286 g/mol. The van der Waals surface area contributed by atoms with Crippen LogP contribution in [0.1, 0.15) is 24.8 Å². The van der Waals surface area contributed by atoms with Crippen LogP contribution in [0, 0.1) is 0 Å². The largest absolute Gasteiger partial charge is 0.481 e. The van der Waals surface area contributed by atoms with Crippen LogP contribution in [0.3, 0.4) is 0 Å². The Morgan fingerprint density at radius 3 is 2.68 bits per heavy atom. The van der Waals surface area contributed by atoms with Gasteiger partial charge >= 0.3 is 5.97 Å². The van der Waals surface area contributed by atoms with Gasteiger partial charge in [-0.05, 0) is 24.5 Å². The van der Waals surface area contributed by atoms with Crippen LogP contribution in [0.4, 0.5) is 0 Å². The lowest BCUT2D eigenvalue weighted by Crippen LogP contribution is -2.56. The van der Waals surface area contributed by atoms with E-state index >= 15 is 0 Å². The zero-order valence-corrected chi connectivity index (χ0v) is 12.2. The molecule has 2 heterocycles. The summed E-state index contributed by atoms with van der Waals surface area (Å²) >= 11 is 0. The molecule has 3 rings (SSSR count). The molecule has 6 nitrogen and oxygen atoms in total. The van der Waals surface area contributed by atoms with E-state index in [0.29, 0.717) is 32.5 Å². The number of benzene rings is 1. The summed E-state index contributed by atoms with van der Waals surface area (Å²) < 4.78 is 11.0. The van der Waals surface area contributed by atoms with Gasteiger partial charge in [0, 0.05) is 19.6 Å². The minimum atomic E-state index is -0.919. The van der Waals surface area contributed by atoms with Gasteiger partial charge in [-0.2, -0.15) is 0 Å². The van der Waals surface area contributed by atoms with Crippen LogP contribution in [0.25, 0.3) is 0 Å². The van der Waals surface area contributed by atoms with Crippen molar-refractivity contribution in [2.75, 3.05) is 13.2 Å². The molecule has 1 unspecified atom stereocenters. The average molecular weight is 305 g/mol. The molecule has 1 saturated heterocycles. The molecule has 0 bridgehead atoms. The van der Waals surface area contributed by atoms with Crippen LogP contribution in [0.5, 0.6) is 5.75 Å². The maximum atomic E-state index is 12.5. The zero-order chi connectivity index (χ0) is 15.6. The lowest BCUT2D eigenvalue weighted by atomic mass is 9.86. The predicted molar refractivity (Wildman–Crippen MR) is 77.7 cm³/mol. The van der Waals surface area contributed by atoms with E-state index in [1.165, 1.54) is 0 Å². The first kappa shape index (κ1) is 14.8. The molecule has 0 aliphatic carbocycles. The Morgan fingerprint density at radius 1 is 1.27 bits per heavy atom. The highest BCUT2D eigenvalue weighted by molar-refractivity contribution is 5.84. The third-order valence-corrected chi connectivity index (χ3v) is 4.27. The predicted octanol–water partition coefficient (Wildman–Crippen LogP) is 1.13. The third kappa shape index (κ3) is 3.06. The van der Waals surface area contributed by atoms with E-state index < -0.39 is 17.6 Å². The highest BCUT2D eigenvalue weighted by Crippen LogP contribution is 2.30. The molecule has 0 radical (unpaired) electrons. The first-order valence-electron chi connectivity index (χ1n) is 7.44. The standard InChI is InChI=1S/C16H19NO5/c18-14(19)10-16(5-7-21-8-6-16)17-15(20)13-9-11-3-1-2-4-12(11)22-13/h1-4,13H,5-10H2,(H,17,20)(H,18,19). The molecule has 22 heavy (non-hydrogen) atoms. The second kappa shape index (κ2) is 5.96. The Kier molecular flexibility index (Phi) is 4.02. The van der Waals surface area contributed by atoms with E-state index in [9.17, 15) is 9.59 Å². The van der Waals surface area contributed by atoms with Gasteiger partial charge in [-0.15, -0.1) is 0 Å². The summed E-state index contributed by atoms with van der Waals surface area (Å²) in [5.74, 6) is -0.445. The van der Waals surface area contributed by atoms with Gasteiger partial charge < -0.3 is 19.9 Å². The number of carboxylic acid groups (broad SMARTS) is 1. The highest BCUT2D eigenvalue weighted by Gasteiger charge is 2.39. The number of nitrogens with one attached hydrogen (secondary N) is 1. The number of hydrogen-bond donors (Lipinski definition) is 2. The summed E-state index contributed by atoms with van der Waals surface area (Å²) in [5.41, 5.74) is 0.265. The topological polar surface area (TPSA) is 84.9 Å². The Labute approximate surface area is 128 Å². The van der Waals surface area contributed by atoms with E-state index in [2.05, 4.69) is 5.32 Å². The fourth-order valence-electron chi connectivity index (χ4n) is 3.07. The molecule has 1 aromatic carbocycles. The van der Waals surface area contributed by atoms with Crippen LogP contribution in [0.2, 0.25) is 0 Å². The van der Waals surface area contributed by atoms with Crippen LogP contribution in [-0.4, -0.2) is 41.8 Å². The van der Waals surface area contributed by atoms with Crippen molar-refractivity contribution in [3.8, 4) is 5.75 Å². The number of carbonyl (C=O) groups excluding carboxylic acids is 1. The lowest BCUT2D eigenvalue weighted by molar-refractivity contribution is -0.141. The normalized spacial score (nSPS) is 22.5. The van der Waals surface area contributed by atoms with Crippen LogP contribution >= 0.6 is 0 Å². The van der Waals surface area contributed by atoms with Crippen molar-refractivity contribution in [1.82, 2.24) is 5.32 Å². The number of carbonyl (C=O) groups is 2. The summed E-state index contributed by atoms with van der Waals surface area (Å²) in [4.78, 5) is 23.6. The minimum Gasteiger partial charge on any atom is -0.481 e. The minimum absolute atomic E-state index is 0.0955. The van der Waals surface area contributed by atoms with E-state index in [0.717, 1.165) is 11.3 Å². The van der Waals surface area contributed by atoms with Crippen LogP contribution in [-0.2, 0) is 20.7 Å². The molecule has 1 atom stereocenters. The van der Waals surface area contributed by atoms with Gasteiger partial charge in [0.05, 0.1) is 12.0 Å². The van der Waals surface area contributed by atoms with Gasteiger partial charge in [0.2, 0.25) is 0 Å². The van der Waals surface area contributed by atoms with Crippen molar-refractivity contribution in [3.63, 3.8) is 0 Å². The van der Waals surface area contributed by atoms with Crippen molar-refractivity contribution < 1.29 is 24.2 Å². The van der Waals surface area contributed by atoms with Gasteiger partial charge in [-0.25, -0.2) is 0 Å². The SMILES string of the molecule is O=C(O)CC1(NC(=O)C2Cc3ccccc3O2)CCOCC1. The van der Waals surface area contributed by atoms with Crippen molar-refractivity contribution in [3.05, 3.63) is 29.8 Å².